The van der Waals surface area contributed by atoms with Gasteiger partial charge in [0.2, 0.25) is 0 Å². The van der Waals surface area contributed by atoms with Crippen LogP contribution in [-0.4, -0.2) is 45.9 Å². The second kappa shape index (κ2) is 4.31. The summed E-state index contributed by atoms with van der Waals surface area (Å²) >= 11 is 0. The Kier molecular flexibility index (Phi) is 2.60. The van der Waals surface area contributed by atoms with E-state index >= 15 is 0 Å². The van der Waals surface area contributed by atoms with E-state index in [1.807, 2.05) is 12.2 Å². The summed E-state index contributed by atoms with van der Waals surface area (Å²) in [6.45, 7) is 7.36. The summed E-state index contributed by atoms with van der Waals surface area (Å²) in [5, 5.41) is 21.1. The molecule has 6 rings (SSSR count). The van der Waals surface area contributed by atoms with Gasteiger partial charge in [0.05, 0.1) is 0 Å². The maximum absolute atomic E-state index is 10.5. The minimum atomic E-state index is -0.594. The van der Waals surface area contributed by atoms with Crippen LogP contribution in [-0.2, 0) is 4.74 Å². The number of piperidine rings is 1. The number of nitrogens with zero attached hydrogens (tertiary/aromatic N) is 1. The van der Waals surface area contributed by atoms with Gasteiger partial charge in [0.25, 0.3) is 0 Å². The summed E-state index contributed by atoms with van der Waals surface area (Å²) in [5.41, 5.74) is 0.953. The van der Waals surface area contributed by atoms with Crippen LogP contribution in [0.5, 0.6) is 0 Å². The lowest BCUT2D eigenvalue weighted by Gasteiger charge is -2.62. The first kappa shape index (κ1) is 13.9. The van der Waals surface area contributed by atoms with Crippen LogP contribution in [0.25, 0.3) is 0 Å². The molecule has 0 amide bonds. The number of ether oxygens (including phenoxy) is 1. The minimum Gasteiger partial charge on any atom is -0.504 e. The Morgan fingerprint density at radius 1 is 1.35 bits per heavy atom. The Bertz CT molecular complexity index is 678. The van der Waals surface area contributed by atoms with Crippen molar-refractivity contribution in [3.05, 3.63) is 48.0 Å². The quantitative estimate of drug-likeness (QED) is 0.674. The average Bonchev–Trinajstić information content (AvgIpc) is 2.79. The first-order valence-electron chi connectivity index (χ1n) is 8.63. The van der Waals surface area contributed by atoms with Gasteiger partial charge in [-0.2, -0.15) is 0 Å². The first-order valence-corrected chi connectivity index (χ1v) is 8.63. The lowest BCUT2D eigenvalue weighted by molar-refractivity contribution is -0.139. The summed E-state index contributed by atoms with van der Waals surface area (Å²) in [7, 11) is 0. The lowest BCUT2D eigenvalue weighted by Crippen LogP contribution is -2.69. The van der Waals surface area contributed by atoms with Crippen molar-refractivity contribution in [3.8, 4) is 0 Å². The van der Waals surface area contributed by atoms with Crippen molar-refractivity contribution in [2.24, 2.45) is 17.3 Å². The van der Waals surface area contributed by atoms with Crippen molar-refractivity contribution in [2.75, 3.05) is 6.54 Å². The van der Waals surface area contributed by atoms with E-state index in [0.717, 1.165) is 25.0 Å². The highest BCUT2D eigenvalue weighted by molar-refractivity contribution is 5.37. The van der Waals surface area contributed by atoms with Crippen LogP contribution in [0.15, 0.2) is 48.0 Å². The van der Waals surface area contributed by atoms with Gasteiger partial charge in [-0.25, -0.2) is 0 Å². The van der Waals surface area contributed by atoms with Crippen molar-refractivity contribution in [1.82, 2.24) is 4.90 Å². The summed E-state index contributed by atoms with van der Waals surface area (Å²) < 4.78 is 6.15. The highest BCUT2D eigenvalue weighted by atomic mass is 16.5. The van der Waals surface area contributed by atoms with E-state index in [1.165, 1.54) is 0 Å². The molecule has 4 aliphatic heterocycles. The molecular formula is C19H23NO3. The average molecular weight is 313 g/mol. The number of hydrogen-bond acceptors (Lipinski definition) is 4. The van der Waals surface area contributed by atoms with E-state index < -0.39 is 6.10 Å². The van der Waals surface area contributed by atoms with Gasteiger partial charge in [-0.15, -0.1) is 0 Å². The molecule has 7 atom stereocenters. The maximum Gasteiger partial charge on any atom is 0.153 e. The molecule has 0 aromatic carbocycles. The third-order valence-electron chi connectivity index (χ3n) is 7.07. The molecule has 0 aromatic rings. The molecule has 6 aliphatic rings. The van der Waals surface area contributed by atoms with Gasteiger partial charge >= 0.3 is 0 Å². The fourth-order valence-corrected chi connectivity index (χ4v) is 5.85. The van der Waals surface area contributed by atoms with Crippen molar-refractivity contribution in [1.29, 1.82) is 0 Å². The number of hydrogen-bond donors (Lipinski definition) is 2. The Hall–Kier alpha value is -1.52. The lowest BCUT2D eigenvalue weighted by atomic mass is 9.53. The molecule has 3 saturated heterocycles. The number of aliphatic hydroxyl groups excluding tert-OH is 2. The van der Waals surface area contributed by atoms with Gasteiger partial charge < -0.3 is 14.9 Å². The number of rotatable bonds is 0. The zero-order valence-corrected chi connectivity index (χ0v) is 13.4. The zero-order valence-electron chi connectivity index (χ0n) is 13.4. The molecule has 4 heteroatoms. The van der Waals surface area contributed by atoms with E-state index in [1.54, 1.807) is 6.08 Å². The molecule has 122 valence electrons. The van der Waals surface area contributed by atoms with Crippen LogP contribution in [0.4, 0.5) is 0 Å². The molecule has 2 aliphatic carbocycles. The topological polar surface area (TPSA) is 52.9 Å². The number of aliphatic hydroxyl groups is 2. The van der Waals surface area contributed by atoms with Gasteiger partial charge in [-0.05, 0) is 31.0 Å². The van der Waals surface area contributed by atoms with Crippen molar-refractivity contribution in [2.45, 2.75) is 44.1 Å². The molecule has 0 saturated carbocycles. The predicted octanol–water partition coefficient (Wildman–Crippen LogP) is 2.30. The molecule has 2 N–H and O–H groups in total. The molecule has 23 heavy (non-hydrogen) atoms. The van der Waals surface area contributed by atoms with E-state index in [-0.39, 0.29) is 23.2 Å². The maximum atomic E-state index is 10.5. The largest absolute Gasteiger partial charge is 0.504 e. The third-order valence-corrected chi connectivity index (χ3v) is 7.07. The van der Waals surface area contributed by atoms with Crippen LogP contribution in [0, 0.1) is 17.3 Å². The normalized spacial score (nSPS) is 55.1. The van der Waals surface area contributed by atoms with Crippen LogP contribution in [0.3, 0.4) is 0 Å². The molecule has 3 fully saturated rings. The van der Waals surface area contributed by atoms with E-state index in [4.69, 9.17) is 4.74 Å². The molecule has 1 spiro atoms. The van der Waals surface area contributed by atoms with Crippen LogP contribution < -0.4 is 0 Å². The molecule has 3 unspecified atom stereocenters. The summed E-state index contributed by atoms with van der Waals surface area (Å²) in [6, 6.07) is 0.883. The molecular weight excluding hydrogens is 290 g/mol. The van der Waals surface area contributed by atoms with Gasteiger partial charge in [-0.3, -0.25) is 4.90 Å². The second-order valence-electron chi connectivity index (χ2n) is 7.74. The fourth-order valence-electron chi connectivity index (χ4n) is 5.85. The van der Waals surface area contributed by atoms with Gasteiger partial charge in [0.15, 0.2) is 5.76 Å². The summed E-state index contributed by atoms with van der Waals surface area (Å²) in [6.07, 6.45) is 9.00. The molecule has 0 radical (unpaired) electrons. The molecule has 4 nitrogen and oxygen atoms in total. The summed E-state index contributed by atoms with van der Waals surface area (Å²) in [4.78, 5) is 2.55. The number of allylic oxidation sites excluding steroid dienone is 2. The minimum absolute atomic E-state index is 0.106. The van der Waals surface area contributed by atoms with Gasteiger partial charge in [0, 0.05) is 29.3 Å². The Labute approximate surface area is 136 Å². The predicted molar refractivity (Wildman–Crippen MR) is 86.6 cm³/mol. The molecule has 0 aromatic heterocycles. The van der Waals surface area contributed by atoms with Gasteiger partial charge in [-0.1, -0.05) is 31.7 Å². The Morgan fingerprint density at radius 3 is 3.00 bits per heavy atom. The van der Waals surface area contributed by atoms with Gasteiger partial charge in [0.1, 0.15) is 18.0 Å². The highest BCUT2D eigenvalue weighted by Crippen LogP contribution is 2.62. The van der Waals surface area contributed by atoms with Crippen LogP contribution in [0.1, 0.15) is 19.8 Å². The van der Waals surface area contributed by atoms with E-state index in [0.29, 0.717) is 23.8 Å². The van der Waals surface area contributed by atoms with Crippen molar-refractivity contribution >= 4 is 0 Å². The van der Waals surface area contributed by atoms with Crippen LogP contribution >= 0.6 is 0 Å². The Morgan fingerprint density at radius 2 is 2.17 bits per heavy atom. The fraction of sp³-hybridized carbons (Fsp3) is 0.579. The highest BCUT2D eigenvalue weighted by Gasteiger charge is 2.66. The second-order valence-corrected chi connectivity index (χ2v) is 7.74. The smallest absolute Gasteiger partial charge is 0.153 e. The monoisotopic (exact) mass is 313 g/mol. The summed E-state index contributed by atoms with van der Waals surface area (Å²) in [5.74, 6) is 1.30. The van der Waals surface area contributed by atoms with Crippen LogP contribution in [0.2, 0.25) is 0 Å². The number of fused-ring (bicyclic) bond motifs is 3. The first-order chi connectivity index (χ1) is 11.0. The SMILES string of the molecule is C=C1/C=C\C(O)=C2\OC3[C@@H](O)C=C[C@H]4[C@H]5CC1N5CC[C@]34C2C. The van der Waals surface area contributed by atoms with E-state index in [9.17, 15) is 10.2 Å². The standard InChI is InChI=1S/C19H23NO3/c1-10-3-5-15(21)17-11(2)19-7-8-20-13(10)9-14(20)12(19)4-6-16(22)18(19)23-17/h3-6,11-14,16,18,21-22H,1,7-9H2,2H3/b5-3-,17-15-/t11?,12-,13?,14+,16-,18?,19+/m0/s1. The van der Waals surface area contributed by atoms with E-state index in [2.05, 4.69) is 24.5 Å². The van der Waals surface area contributed by atoms with Crippen molar-refractivity contribution < 1.29 is 14.9 Å². The van der Waals surface area contributed by atoms with Crippen molar-refractivity contribution in [3.63, 3.8) is 0 Å². The molecule has 5 bridgehead atoms. The Balaban J connectivity index is 1.74. The third kappa shape index (κ3) is 1.49. The zero-order chi connectivity index (χ0) is 15.9. The molecule has 4 heterocycles.